The van der Waals surface area contributed by atoms with E-state index in [0.717, 1.165) is 26.1 Å². The van der Waals surface area contributed by atoms with Gasteiger partial charge in [0.05, 0.1) is 12.4 Å². The Morgan fingerprint density at radius 3 is 2.86 bits per heavy atom. The lowest BCUT2D eigenvalue weighted by atomic mass is 10.1. The Balaban J connectivity index is 2.06. The van der Waals surface area contributed by atoms with Crippen LogP contribution < -0.4 is 5.32 Å². The molecule has 1 aliphatic rings. The maximum Gasteiger partial charge on any atom is 0.230 e. The molecule has 0 atom stereocenters. The minimum Gasteiger partial charge on any atom is -0.396 e. The number of amides is 1. The molecular weight excluding hydrogens is 202 g/mol. The summed E-state index contributed by atoms with van der Waals surface area (Å²) in [4.78, 5) is 11.3. The van der Waals surface area contributed by atoms with Crippen LogP contribution in [0.4, 0.5) is 0 Å². The van der Waals surface area contributed by atoms with Crippen LogP contribution >= 0.6 is 11.8 Å². The Hall–Kier alpha value is -0.260. The molecule has 82 valence electrons. The number of rotatable bonds is 5. The average molecular weight is 219 g/mol. The van der Waals surface area contributed by atoms with Crippen molar-refractivity contribution < 1.29 is 14.6 Å². The molecule has 1 amide bonds. The number of hydrogen-bond acceptors (Lipinski definition) is 4. The molecule has 1 saturated heterocycles. The molecule has 0 saturated carbocycles. The predicted molar refractivity (Wildman–Crippen MR) is 56.4 cm³/mol. The first-order valence-electron chi connectivity index (χ1n) is 4.88. The van der Waals surface area contributed by atoms with E-state index in [1.807, 2.05) is 0 Å². The highest BCUT2D eigenvalue weighted by molar-refractivity contribution is 7.99. The van der Waals surface area contributed by atoms with E-state index in [-0.39, 0.29) is 18.6 Å². The van der Waals surface area contributed by atoms with Crippen LogP contribution in [0.1, 0.15) is 12.8 Å². The molecule has 2 N–H and O–H groups in total. The molecular formula is C9H17NO3S. The van der Waals surface area contributed by atoms with E-state index in [2.05, 4.69) is 5.32 Å². The summed E-state index contributed by atoms with van der Waals surface area (Å²) in [6, 6.07) is 0.283. The minimum atomic E-state index is 0.0651. The van der Waals surface area contributed by atoms with Gasteiger partial charge in [0.2, 0.25) is 5.91 Å². The van der Waals surface area contributed by atoms with Crippen LogP contribution in [0.15, 0.2) is 0 Å². The van der Waals surface area contributed by atoms with E-state index in [0.29, 0.717) is 11.5 Å². The zero-order valence-corrected chi connectivity index (χ0v) is 9.02. The monoisotopic (exact) mass is 219 g/mol. The zero-order chi connectivity index (χ0) is 10.2. The topological polar surface area (TPSA) is 58.6 Å². The van der Waals surface area contributed by atoms with Crippen LogP contribution in [0.25, 0.3) is 0 Å². The normalized spacial score (nSPS) is 18.1. The summed E-state index contributed by atoms with van der Waals surface area (Å²) in [6.07, 6.45) is 1.83. The lowest BCUT2D eigenvalue weighted by molar-refractivity contribution is -0.119. The van der Waals surface area contributed by atoms with Crippen molar-refractivity contribution in [3.8, 4) is 0 Å². The average Bonchev–Trinajstić information content (AvgIpc) is 2.20. The smallest absolute Gasteiger partial charge is 0.230 e. The fourth-order valence-electron chi connectivity index (χ4n) is 1.34. The molecule has 1 heterocycles. The van der Waals surface area contributed by atoms with Crippen molar-refractivity contribution >= 4 is 17.7 Å². The second-order valence-corrected chi connectivity index (χ2v) is 4.34. The van der Waals surface area contributed by atoms with Crippen molar-refractivity contribution in [1.29, 1.82) is 0 Å². The highest BCUT2D eigenvalue weighted by Gasteiger charge is 2.15. The van der Waals surface area contributed by atoms with Crippen molar-refractivity contribution in [3.05, 3.63) is 0 Å². The predicted octanol–water partition coefficient (Wildman–Crippen LogP) is 0.00710. The number of carbonyl (C=O) groups excluding carboxylic acids is 1. The standard InChI is InChI=1S/C9H17NO3S/c11-3-6-14-7-9(12)10-8-1-4-13-5-2-8/h8,11H,1-7H2,(H,10,12). The molecule has 1 aliphatic heterocycles. The maximum absolute atomic E-state index is 11.3. The first kappa shape index (κ1) is 11.8. The highest BCUT2D eigenvalue weighted by atomic mass is 32.2. The lowest BCUT2D eigenvalue weighted by Gasteiger charge is -2.22. The summed E-state index contributed by atoms with van der Waals surface area (Å²) in [5.74, 6) is 1.13. The van der Waals surface area contributed by atoms with Gasteiger partial charge in [-0.25, -0.2) is 0 Å². The van der Waals surface area contributed by atoms with Gasteiger partial charge in [0.25, 0.3) is 0 Å². The number of thioether (sulfide) groups is 1. The molecule has 0 aromatic heterocycles. The van der Waals surface area contributed by atoms with E-state index in [4.69, 9.17) is 9.84 Å². The van der Waals surface area contributed by atoms with Gasteiger partial charge in [-0.2, -0.15) is 0 Å². The van der Waals surface area contributed by atoms with Crippen molar-refractivity contribution in [1.82, 2.24) is 5.32 Å². The first-order chi connectivity index (χ1) is 6.83. The molecule has 0 aromatic carbocycles. The third-order valence-electron chi connectivity index (χ3n) is 2.06. The zero-order valence-electron chi connectivity index (χ0n) is 8.20. The molecule has 0 unspecified atom stereocenters. The molecule has 1 fully saturated rings. The highest BCUT2D eigenvalue weighted by Crippen LogP contribution is 2.06. The van der Waals surface area contributed by atoms with Gasteiger partial charge >= 0.3 is 0 Å². The summed E-state index contributed by atoms with van der Waals surface area (Å²) >= 11 is 1.46. The Bertz CT molecular complexity index is 171. The Morgan fingerprint density at radius 2 is 2.21 bits per heavy atom. The van der Waals surface area contributed by atoms with Gasteiger partial charge in [-0.3, -0.25) is 4.79 Å². The Morgan fingerprint density at radius 1 is 1.50 bits per heavy atom. The summed E-state index contributed by atoms with van der Waals surface area (Å²) < 4.78 is 5.19. The SMILES string of the molecule is O=C(CSCCO)NC1CCOCC1. The number of aliphatic hydroxyl groups excluding tert-OH is 1. The van der Waals surface area contributed by atoms with E-state index in [1.165, 1.54) is 11.8 Å². The molecule has 14 heavy (non-hydrogen) atoms. The second-order valence-electron chi connectivity index (χ2n) is 3.23. The maximum atomic E-state index is 11.3. The number of nitrogens with one attached hydrogen (secondary N) is 1. The van der Waals surface area contributed by atoms with Crippen molar-refractivity contribution in [2.45, 2.75) is 18.9 Å². The van der Waals surface area contributed by atoms with Gasteiger partial charge in [0.15, 0.2) is 0 Å². The summed E-state index contributed by atoms with van der Waals surface area (Å²) in [7, 11) is 0. The van der Waals surface area contributed by atoms with E-state index < -0.39 is 0 Å². The van der Waals surface area contributed by atoms with Crippen LogP contribution in [0.2, 0.25) is 0 Å². The van der Waals surface area contributed by atoms with Crippen molar-refractivity contribution in [2.24, 2.45) is 0 Å². The van der Waals surface area contributed by atoms with Crippen LogP contribution in [0.3, 0.4) is 0 Å². The minimum absolute atomic E-state index is 0.0651. The van der Waals surface area contributed by atoms with Crippen molar-refractivity contribution in [2.75, 3.05) is 31.3 Å². The summed E-state index contributed by atoms with van der Waals surface area (Å²) in [6.45, 7) is 1.62. The lowest BCUT2D eigenvalue weighted by Crippen LogP contribution is -2.39. The Labute approximate surface area is 88.4 Å². The van der Waals surface area contributed by atoms with Gasteiger partial charge in [0, 0.05) is 25.0 Å². The Kier molecular flexibility index (Phi) is 5.98. The van der Waals surface area contributed by atoms with Gasteiger partial charge in [-0.05, 0) is 12.8 Å². The molecule has 0 radical (unpaired) electrons. The number of ether oxygens (including phenoxy) is 1. The van der Waals surface area contributed by atoms with Crippen LogP contribution in [0.5, 0.6) is 0 Å². The molecule has 0 aliphatic carbocycles. The summed E-state index contributed by atoms with van der Waals surface area (Å²) in [5.41, 5.74) is 0. The van der Waals surface area contributed by atoms with Crippen LogP contribution in [0, 0.1) is 0 Å². The fourth-order valence-corrected chi connectivity index (χ4v) is 1.88. The molecule has 0 spiro atoms. The quantitative estimate of drug-likeness (QED) is 0.639. The van der Waals surface area contributed by atoms with E-state index >= 15 is 0 Å². The molecule has 1 rings (SSSR count). The van der Waals surface area contributed by atoms with Gasteiger partial charge in [0.1, 0.15) is 0 Å². The molecule has 5 heteroatoms. The van der Waals surface area contributed by atoms with Gasteiger partial charge < -0.3 is 15.2 Å². The van der Waals surface area contributed by atoms with E-state index in [1.54, 1.807) is 0 Å². The van der Waals surface area contributed by atoms with E-state index in [9.17, 15) is 4.79 Å². The summed E-state index contributed by atoms with van der Waals surface area (Å²) in [5, 5.41) is 11.5. The van der Waals surface area contributed by atoms with Crippen LogP contribution in [-0.4, -0.2) is 48.4 Å². The van der Waals surface area contributed by atoms with Crippen molar-refractivity contribution in [3.63, 3.8) is 0 Å². The van der Waals surface area contributed by atoms with Gasteiger partial charge in [-0.1, -0.05) is 0 Å². The number of carbonyl (C=O) groups is 1. The molecule has 4 nitrogen and oxygen atoms in total. The first-order valence-corrected chi connectivity index (χ1v) is 6.04. The second kappa shape index (κ2) is 7.09. The van der Waals surface area contributed by atoms with Crippen LogP contribution in [-0.2, 0) is 9.53 Å². The molecule has 0 bridgehead atoms. The van der Waals surface area contributed by atoms with Gasteiger partial charge in [-0.15, -0.1) is 11.8 Å². The number of hydrogen-bond donors (Lipinski definition) is 2. The third-order valence-corrected chi connectivity index (χ3v) is 2.99. The number of aliphatic hydroxyl groups is 1. The largest absolute Gasteiger partial charge is 0.396 e. The fraction of sp³-hybridized carbons (Fsp3) is 0.889. The third kappa shape index (κ3) is 4.83. The molecule has 0 aromatic rings.